The van der Waals surface area contributed by atoms with E-state index in [4.69, 9.17) is 24.4 Å². The van der Waals surface area contributed by atoms with Gasteiger partial charge < -0.3 is 21.3 Å². The van der Waals surface area contributed by atoms with Crippen LogP contribution in [0.25, 0.3) is 0 Å². The van der Waals surface area contributed by atoms with Crippen LogP contribution in [-0.4, -0.2) is 23.3 Å². The SMILES string of the molecule is C[C@@H](NC(=S)NCCCCCCNC(=S)N[C@H](C)c1ccccc1)c1ccccc1. The number of rotatable bonds is 11. The van der Waals surface area contributed by atoms with E-state index in [9.17, 15) is 0 Å². The smallest absolute Gasteiger partial charge is 0.166 e. The topological polar surface area (TPSA) is 48.1 Å². The van der Waals surface area contributed by atoms with Gasteiger partial charge in [0.25, 0.3) is 0 Å². The molecule has 0 heterocycles. The van der Waals surface area contributed by atoms with Crippen LogP contribution in [0.2, 0.25) is 0 Å². The number of nitrogens with one attached hydrogen (secondary N) is 4. The van der Waals surface area contributed by atoms with Crippen molar-refractivity contribution in [2.75, 3.05) is 13.1 Å². The van der Waals surface area contributed by atoms with Gasteiger partial charge in [-0.25, -0.2) is 0 Å². The van der Waals surface area contributed by atoms with Crippen molar-refractivity contribution in [1.29, 1.82) is 0 Å². The van der Waals surface area contributed by atoms with E-state index in [1.54, 1.807) is 0 Å². The minimum Gasteiger partial charge on any atom is -0.363 e. The Morgan fingerprint density at radius 3 is 1.37 bits per heavy atom. The van der Waals surface area contributed by atoms with Gasteiger partial charge in [-0.05, 0) is 62.3 Å². The Morgan fingerprint density at radius 2 is 1.00 bits per heavy atom. The van der Waals surface area contributed by atoms with E-state index in [1.807, 2.05) is 36.4 Å². The molecule has 162 valence electrons. The highest BCUT2D eigenvalue weighted by molar-refractivity contribution is 7.80. The molecule has 2 rings (SSSR count). The maximum absolute atomic E-state index is 5.39. The second kappa shape index (κ2) is 13.9. The zero-order valence-electron chi connectivity index (χ0n) is 18.0. The van der Waals surface area contributed by atoms with E-state index >= 15 is 0 Å². The molecule has 4 nitrogen and oxygen atoms in total. The summed E-state index contributed by atoms with van der Waals surface area (Å²) in [5.41, 5.74) is 2.47. The molecule has 0 saturated carbocycles. The van der Waals surface area contributed by atoms with Crippen LogP contribution < -0.4 is 21.3 Å². The molecule has 6 heteroatoms. The third kappa shape index (κ3) is 9.55. The van der Waals surface area contributed by atoms with Crippen molar-refractivity contribution in [3.8, 4) is 0 Å². The molecular weight excluding hydrogens is 408 g/mol. The van der Waals surface area contributed by atoms with Crippen molar-refractivity contribution in [3.63, 3.8) is 0 Å². The standard InChI is InChI=1S/C24H34N4S2/c1-19(21-13-7-5-8-14-21)27-23(29)25-17-11-3-4-12-18-26-24(30)28-20(2)22-15-9-6-10-16-22/h5-10,13-16,19-20H,3-4,11-12,17-18H2,1-2H3,(H2,25,27,29)(H2,26,28,30)/t19-,20-/m1/s1. The van der Waals surface area contributed by atoms with Gasteiger partial charge in [-0.2, -0.15) is 0 Å². The molecule has 0 spiro atoms. The summed E-state index contributed by atoms with van der Waals surface area (Å²) < 4.78 is 0. The molecule has 2 aromatic carbocycles. The van der Waals surface area contributed by atoms with Crippen LogP contribution in [0.15, 0.2) is 60.7 Å². The van der Waals surface area contributed by atoms with Gasteiger partial charge in [-0.1, -0.05) is 73.5 Å². The summed E-state index contributed by atoms with van der Waals surface area (Å²) in [4.78, 5) is 0. The lowest BCUT2D eigenvalue weighted by Crippen LogP contribution is -2.37. The molecular formula is C24H34N4S2. The minimum absolute atomic E-state index is 0.208. The fourth-order valence-electron chi connectivity index (χ4n) is 3.15. The number of unbranched alkanes of at least 4 members (excludes halogenated alkanes) is 3. The average molecular weight is 443 g/mol. The number of thiocarbonyl (C=S) groups is 2. The van der Waals surface area contributed by atoms with Crippen molar-refractivity contribution in [1.82, 2.24) is 21.3 Å². The van der Waals surface area contributed by atoms with Crippen molar-refractivity contribution < 1.29 is 0 Å². The zero-order valence-corrected chi connectivity index (χ0v) is 19.6. The summed E-state index contributed by atoms with van der Waals surface area (Å²) in [7, 11) is 0. The Kier molecular flexibility index (Phi) is 11.2. The molecule has 0 aliphatic heterocycles. The minimum atomic E-state index is 0.208. The number of hydrogen-bond acceptors (Lipinski definition) is 2. The number of hydrogen-bond donors (Lipinski definition) is 4. The number of benzene rings is 2. The normalized spacial score (nSPS) is 12.5. The van der Waals surface area contributed by atoms with Crippen molar-refractivity contribution >= 4 is 34.7 Å². The van der Waals surface area contributed by atoms with E-state index in [1.165, 1.54) is 24.0 Å². The molecule has 4 N–H and O–H groups in total. The largest absolute Gasteiger partial charge is 0.363 e. The second-order valence-corrected chi connectivity index (χ2v) is 8.30. The third-order valence-electron chi connectivity index (χ3n) is 4.97. The Morgan fingerprint density at radius 1 is 0.633 bits per heavy atom. The van der Waals surface area contributed by atoms with E-state index < -0.39 is 0 Å². The van der Waals surface area contributed by atoms with Crippen LogP contribution in [0, 0.1) is 0 Å². The molecule has 2 aromatic rings. The van der Waals surface area contributed by atoms with Gasteiger partial charge >= 0.3 is 0 Å². The van der Waals surface area contributed by atoms with E-state index in [0.717, 1.165) is 36.2 Å². The quantitative estimate of drug-likeness (QED) is 0.290. The van der Waals surface area contributed by atoms with Crippen molar-refractivity contribution in [2.24, 2.45) is 0 Å². The van der Waals surface area contributed by atoms with Crippen LogP contribution in [-0.2, 0) is 0 Å². The first kappa shape index (κ1) is 24.1. The Hall–Kier alpha value is -2.18. The van der Waals surface area contributed by atoms with Crippen LogP contribution in [0.5, 0.6) is 0 Å². The molecule has 0 unspecified atom stereocenters. The van der Waals surface area contributed by atoms with Gasteiger partial charge in [-0.15, -0.1) is 0 Å². The van der Waals surface area contributed by atoms with E-state index in [2.05, 4.69) is 59.4 Å². The first-order chi connectivity index (χ1) is 14.6. The average Bonchev–Trinajstić information content (AvgIpc) is 2.76. The summed E-state index contributed by atoms with van der Waals surface area (Å²) in [5.74, 6) is 0. The van der Waals surface area contributed by atoms with Gasteiger partial charge in [0.1, 0.15) is 0 Å². The fourth-order valence-corrected chi connectivity index (χ4v) is 3.71. The molecule has 2 atom stereocenters. The zero-order chi connectivity index (χ0) is 21.6. The van der Waals surface area contributed by atoms with Crippen LogP contribution >= 0.6 is 24.4 Å². The van der Waals surface area contributed by atoms with Crippen molar-refractivity contribution in [3.05, 3.63) is 71.8 Å². The first-order valence-electron chi connectivity index (χ1n) is 10.7. The molecule has 0 amide bonds. The predicted molar refractivity (Wildman–Crippen MR) is 136 cm³/mol. The highest BCUT2D eigenvalue weighted by Crippen LogP contribution is 2.11. The third-order valence-corrected chi connectivity index (χ3v) is 5.49. The molecule has 0 saturated heterocycles. The molecule has 0 aliphatic carbocycles. The first-order valence-corrected chi connectivity index (χ1v) is 11.6. The van der Waals surface area contributed by atoms with Gasteiger partial charge in [0, 0.05) is 13.1 Å². The Labute approximate surface area is 192 Å². The Bertz CT molecular complexity index is 687. The summed E-state index contributed by atoms with van der Waals surface area (Å²) in [6.45, 7) is 6.04. The maximum Gasteiger partial charge on any atom is 0.166 e. The molecule has 0 bridgehead atoms. The summed E-state index contributed by atoms with van der Waals surface area (Å²) in [6, 6.07) is 21.1. The summed E-state index contributed by atoms with van der Waals surface area (Å²) >= 11 is 10.8. The highest BCUT2D eigenvalue weighted by atomic mass is 32.1. The van der Waals surface area contributed by atoms with Gasteiger partial charge in [0.15, 0.2) is 10.2 Å². The maximum atomic E-state index is 5.39. The Balaban J connectivity index is 1.46. The molecule has 30 heavy (non-hydrogen) atoms. The lowest BCUT2D eigenvalue weighted by atomic mass is 10.1. The van der Waals surface area contributed by atoms with Gasteiger partial charge in [0.2, 0.25) is 0 Å². The lowest BCUT2D eigenvalue weighted by Gasteiger charge is -2.17. The van der Waals surface area contributed by atoms with E-state index in [-0.39, 0.29) is 12.1 Å². The molecule has 0 fully saturated rings. The molecule has 0 radical (unpaired) electrons. The summed E-state index contributed by atoms with van der Waals surface area (Å²) in [5, 5.41) is 14.7. The fraction of sp³-hybridized carbons (Fsp3) is 0.417. The second-order valence-electron chi connectivity index (χ2n) is 7.48. The van der Waals surface area contributed by atoms with Crippen LogP contribution in [0.4, 0.5) is 0 Å². The molecule has 0 aliphatic rings. The molecule has 0 aromatic heterocycles. The monoisotopic (exact) mass is 442 g/mol. The van der Waals surface area contributed by atoms with Crippen LogP contribution in [0.3, 0.4) is 0 Å². The predicted octanol–water partition coefficient (Wildman–Crippen LogP) is 5.00. The van der Waals surface area contributed by atoms with Crippen molar-refractivity contribution in [2.45, 2.75) is 51.6 Å². The lowest BCUT2D eigenvalue weighted by molar-refractivity contribution is 0.611. The highest BCUT2D eigenvalue weighted by Gasteiger charge is 2.06. The van der Waals surface area contributed by atoms with Crippen LogP contribution in [0.1, 0.15) is 62.7 Å². The van der Waals surface area contributed by atoms with E-state index in [0.29, 0.717) is 0 Å². The summed E-state index contributed by atoms with van der Waals surface area (Å²) in [6.07, 6.45) is 4.56. The van der Waals surface area contributed by atoms with Gasteiger partial charge in [0.05, 0.1) is 12.1 Å². The van der Waals surface area contributed by atoms with Gasteiger partial charge in [-0.3, -0.25) is 0 Å².